The summed E-state index contributed by atoms with van der Waals surface area (Å²) in [6.07, 6.45) is 2.19. The molecule has 3 rings (SSSR count). The van der Waals surface area contributed by atoms with E-state index < -0.39 is 12.0 Å². The Balaban J connectivity index is 1.86. The third kappa shape index (κ3) is 2.94. The zero-order valence-corrected chi connectivity index (χ0v) is 13.1. The molecule has 1 saturated heterocycles. The molecule has 1 unspecified atom stereocenters. The van der Waals surface area contributed by atoms with Gasteiger partial charge in [-0.3, -0.25) is 4.79 Å². The lowest BCUT2D eigenvalue weighted by atomic mass is 10.1. The number of aryl methyl sites for hydroxylation is 1. The minimum atomic E-state index is -1.02. The fourth-order valence-electron chi connectivity index (χ4n) is 3.10. The lowest BCUT2D eigenvalue weighted by Gasteiger charge is -2.32. The van der Waals surface area contributed by atoms with Crippen LogP contribution in [0.3, 0.4) is 0 Å². The predicted molar refractivity (Wildman–Crippen MR) is 85.3 cm³/mol. The molecule has 2 aromatic rings. The van der Waals surface area contributed by atoms with Gasteiger partial charge in [0.1, 0.15) is 0 Å². The van der Waals surface area contributed by atoms with Crippen LogP contribution in [0.4, 0.5) is 0 Å². The Hall–Kier alpha value is -2.34. The van der Waals surface area contributed by atoms with Gasteiger partial charge in [-0.2, -0.15) is 0 Å². The lowest BCUT2D eigenvalue weighted by Crippen LogP contribution is -2.53. The lowest BCUT2D eigenvalue weighted by molar-refractivity contribution is -0.157. The molecule has 1 aromatic heterocycles. The van der Waals surface area contributed by atoms with E-state index in [0.29, 0.717) is 13.2 Å². The van der Waals surface area contributed by atoms with E-state index in [9.17, 15) is 14.7 Å². The molecule has 1 N–H and O–H groups in total. The monoisotopic (exact) mass is 316 g/mol. The van der Waals surface area contributed by atoms with Gasteiger partial charge >= 0.3 is 5.97 Å². The van der Waals surface area contributed by atoms with Crippen molar-refractivity contribution in [3.8, 4) is 0 Å². The first kappa shape index (κ1) is 15.6. The normalized spacial score (nSPS) is 18.3. The first-order valence-electron chi connectivity index (χ1n) is 7.78. The van der Waals surface area contributed by atoms with Gasteiger partial charge in [0, 0.05) is 30.2 Å². The van der Waals surface area contributed by atoms with Crippen LogP contribution in [0.15, 0.2) is 30.5 Å². The summed E-state index contributed by atoms with van der Waals surface area (Å²) in [5.74, 6) is -1.19. The Morgan fingerprint density at radius 2 is 2.13 bits per heavy atom. The van der Waals surface area contributed by atoms with Crippen molar-refractivity contribution in [2.75, 3.05) is 19.8 Å². The van der Waals surface area contributed by atoms with Gasteiger partial charge in [0.05, 0.1) is 19.6 Å². The molecule has 1 fully saturated rings. The third-order valence-corrected chi connectivity index (χ3v) is 4.29. The second kappa shape index (κ2) is 6.42. The summed E-state index contributed by atoms with van der Waals surface area (Å²) in [7, 11) is 0. The van der Waals surface area contributed by atoms with E-state index in [0.717, 1.165) is 23.0 Å². The van der Waals surface area contributed by atoms with Gasteiger partial charge < -0.3 is 19.3 Å². The minimum absolute atomic E-state index is 0.0534. The average Bonchev–Trinajstić information content (AvgIpc) is 2.93. The average molecular weight is 316 g/mol. The van der Waals surface area contributed by atoms with Crippen molar-refractivity contribution in [2.45, 2.75) is 25.9 Å². The zero-order chi connectivity index (χ0) is 16.4. The molecule has 6 nitrogen and oxygen atoms in total. The summed E-state index contributed by atoms with van der Waals surface area (Å²) >= 11 is 0. The van der Waals surface area contributed by atoms with Crippen LogP contribution in [0.2, 0.25) is 0 Å². The van der Waals surface area contributed by atoms with E-state index in [-0.39, 0.29) is 18.9 Å². The molecule has 0 aliphatic carbocycles. The van der Waals surface area contributed by atoms with Gasteiger partial charge in [-0.25, -0.2) is 4.79 Å². The predicted octanol–water partition coefficient (Wildman–Crippen LogP) is 1.52. The van der Waals surface area contributed by atoms with Crippen LogP contribution in [0, 0.1) is 0 Å². The first-order valence-corrected chi connectivity index (χ1v) is 7.78. The number of carbonyl (C=O) groups is 2. The van der Waals surface area contributed by atoms with E-state index in [1.807, 2.05) is 30.5 Å². The number of morpholine rings is 1. The van der Waals surface area contributed by atoms with Crippen molar-refractivity contribution in [2.24, 2.45) is 0 Å². The SMILES string of the molecule is CCn1cc(CC(=O)N2CCOCC2C(=O)O)c2ccccc21. The number of amides is 1. The number of fused-ring (bicyclic) bond motifs is 1. The van der Waals surface area contributed by atoms with Crippen molar-refractivity contribution in [1.82, 2.24) is 9.47 Å². The number of aromatic nitrogens is 1. The van der Waals surface area contributed by atoms with Crippen LogP contribution in [-0.4, -0.2) is 52.3 Å². The van der Waals surface area contributed by atoms with Crippen LogP contribution in [0.25, 0.3) is 10.9 Å². The number of carboxylic acids is 1. The topological polar surface area (TPSA) is 71.8 Å². The van der Waals surface area contributed by atoms with Crippen LogP contribution in [-0.2, 0) is 27.3 Å². The summed E-state index contributed by atoms with van der Waals surface area (Å²) in [6.45, 7) is 3.64. The number of aliphatic carboxylic acids is 1. The maximum absolute atomic E-state index is 12.6. The zero-order valence-electron chi connectivity index (χ0n) is 13.1. The van der Waals surface area contributed by atoms with Crippen molar-refractivity contribution < 1.29 is 19.4 Å². The third-order valence-electron chi connectivity index (χ3n) is 4.29. The smallest absolute Gasteiger partial charge is 0.328 e. The Morgan fingerprint density at radius 1 is 1.35 bits per heavy atom. The number of benzene rings is 1. The van der Waals surface area contributed by atoms with Crippen molar-refractivity contribution in [3.63, 3.8) is 0 Å². The molecule has 23 heavy (non-hydrogen) atoms. The number of hydrogen-bond acceptors (Lipinski definition) is 3. The molecule has 1 atom stereocenters. The standard InChI is InChI=1S/C17H20N2O4/c1-2-18-10-12(13-5-3-4-6-14(13)18)9-16(20)19-7-8-23-11-15(19)17(21)22/h3-6,10,15H,2,7-9,11H2,1H3,(H,21,22). The van der Waals surface area contributed by atoms with Crippen LogP contribution in [0.5, 0.6) is 0 Å². The summed E-state index contributed by atoms with van der Waals surface area (Å²) < 4.78 is 7.29. The van der Waals surface area contributed by atoms with E-state index in [2.05, 4.69) is 11.5 Å². The Labute approximate surface area is 134 Å². The van der Waals surface area contributed by atoms with E-state index in [4.69, 9.17) is 4.74 Å². The molecule has 122 valence electrons. The molecule has 6 heteroatoms. The van der Waals surface area contributed by atoms with Crippen molar-refractivity contribution in [3.05, 3.63) is 36.0 Å². The van der Waals surface area contributed by atoms with Gasteiger partial charge in [0.25, 0.3) is 0 Å². The number of hydrogen-bond donors (Lipinski definition) is 1. The maximum atomic E-state index is 12.6. The highest BCUT2D eigenvalue weighted by Crippen LogP contribution is 2.23. The number of carboxylic acid groups (broad SMARTS) is 1. The highest BCUT2D eigenvalue weighted by molar-refractivity contribution is 5.91. The van der Waals surface area contributed by atoms with E-state index in [1.165, 1.54) is 4.90 Å². The van der Waals surface area contributed by atoms with Crippen LogP contribution in [0.1, 0.15) is 12.5 Å². The molecule has 2 heterocycles. The number of ether oxygens (including phenoxy) is 1. The summed E-state index contributed by atoms with van der Waals surface area (Å²) in [4.78, 5) is 25.3. The summed E-state index contributed by atoms with van der Waals surface area (Å²) in [6, 6.07) is 7.06. The Morgan fingerprint density at radius 3 is 2.87 bits per heavy atom. The molecule has 1 aromatic carbocycles. The highest BCUT2D eigenvalue weighted by Gasteiger charge is 2.32. The fourth-order valence-corrected chi connectivity index (χ4v) is 3.10. The second-order valence-corrected chi connectivity index (χ2v) is 5.65. The molecule has 1 aliphatic rings. The number of nitrogens with zero attached hydrogens (tertiary/aromatic N) is 2. The fraction of sp³-hybridized carbons (Fsp3) is 0.412. The minimum Gasteiger partial charge on any atom is -0.480 e. The van der Waals surface area contributed by atoms with Crippen molar-refractivity contribution >= 4 is 22.8 Å². The van der Waals surface area contributed by atoms with Crippen LogP contribution >= 0.6 is 0 Å². The molecule has 0 bridgehead atoms. The highest BCUT2D eigenvalue weighted by atomic mass is 16.5. The number of para-hydroxylation sites is 1. The first-order chi connectivity index (χ1) is 11.1. The molecule has 1 aliphatic heterocycles. The van der Waals surface area contributed by atoms with E-state index >= 15 is 0 Å². The van der Waals surface area contributed by atoms with Gasteiger partial charge in [0.15, 0.2) is 6.04 Å². The largest absolute Gasteiger partial charge is 0.480 e. The molecular formula is C17H20N2O4. The van der Waals surface area contributed by atoms with Crippen molar-refractivity contribution in [1.29, 1.82) is 0 Å². The van der Waals surface area contributed by atoms with E-state index in [1.54, 1.807) is 0 Å². The summed E-state index contributed by atoms with van der Waals surface area (Å²) in [5.41, 5.74) is 2.03. The molecular weight excluding hydrogens is 296 g/mol. The molecule has 0 radical (unpaired) electrons. The number of rotatable bonds is 4. The summed E-state index contributed by atoms with van der Waals surface area (Å²) in [5, 5.41) is 10.3. The van der Waals surface area contributed by atoms with Gasteiger partial charge in [-0.15, -0.1) is 0 Å². The molecule has 0 saturated carbocycles. The van der Waals surface area contributed by atoms with Gasteiger partial charge in [-0.05, 0) is 18.6 Å². The second-order valence-electron chi connectivity index (χ2n) is 5.65. The number of carbonyl (C=O) groups excluding carboxylic acids is 1. The molecule has 1 amide bonds. The Kier molecular flexibility index (Phi) is 4.34. The Bertz CT molecular complexity index is 737. The van der Waals surface area contributed by atoms with Gasteiger partial charge in [-0.1, -0.05) is 18.2 Å². The molecule has 0 spiro atoms. The maximum Gasteiger partial charge on any atom is 0.328 e. The van der Waals surface area contributed by atoms with Gasteiger partial charge in [0.2, 0.25) is 5.91 Å². The van der Waals surface area contributed by atoms with Crippen LogP contribution < -0.4 is 0 Å². The quantitative estimate of drug-likeness (QED) is 0.928.